The highest BCUT2D eigenvalue weighted by atomic mass is 19.4. The highest BCUT2D eigenvalue weighted by Gasteiger charge is 2.31. The third-order valence-corrected chi connectivity index (χ3v) is 4.53. The summed E-state index contributed by atoms with van der Waals surface area (Å²) in [5, 5.41) is 0. The van der Waals surface area contributed by atoms with E-state index in [1.54, 1.807) is 0 Å². The zero-order chi connectivity index (χ0) is 18.6. The molecule has 1 fully saturated rings. The maximum Gasteiger partial charge on any atom is 0.417 e. The van der Waals surface area contributed by atoms with Gasteiger partial charge in [-0.25, -0.2) is 4.98 Å². The second-order valence-corrected chi connectivity index (χ2v) is 6.35. The molecule has 140 valence electrons. The van der Waals surface area contributed by atoms with Gasteiger partial charge < -0.3 is 9.64 Å². The molecule has 0 unspecified atom stereocenters. The fourth-order valence-corrected chi connectivity index (χ4v) is 2.94. The van der Waals surface area contributed by atoms with Crippen molar-refractivity contribution in [2.24, 2.45) is 0 Å². The summed E-state index contributed by atoms with van der Waals surface area (Å²) in [6.07, 6.45) is -3.45. The Balaban J connectivity index is 1.45. The van der Waals surface area contributed by atoms with Gasteiger partial charge in [0.25, 0.3) is 0 Å². The number of rotatable bonds is 5. The Bertz CT molecular complexity index is 711. The Morgan fingerprint density at radius 3 is 2.38 bits per heavy atom. The van der Waals surface area contributed by atoms with E-state index in [4.69, 9.17) is 4.74 Å². The van der Waals surface area contributed by atoms with Crippen LogP contribution in [0.3, 0.4) is 0 Å². The van der Waals surface area contributed by atoms with Gasteiger partial charge in [0.1, 0.15) is 18.2 Å². The minimum Gasteiger partial charge on any atom is -0.492 e. The Kier molecular flexibility index (Phi) is 5.66. The molecule has 1 aliphatic heterocycles. The van der Waals surface area contributed by atoms with Crippen LogP contribution in [0.4, 0.5) is 19.0 Å². The van der Waals surface area contributed by atoms with Crippen LogP contribution in [-0.4, -0.2) is 49.2 Å². The molecular formula is C19H22F3N3O. The number of nitrogens with zero attached hydrogens (tertiary/aromatic N) is 3. The summed E-state index contributed by atoms with van der Waals surface area (Å²) in [5.41, 5.74) is 0.402. The van der Waals surface area contributed by atoms with Crippen molar-refractivity contribution < 1.29 is 17.9 Å². The number of piperazine rings is 1. The zero-order valence-corrected chi connectivity index (χ0v) is 14.7. The molecule has 0 aliphatic carbocycles. The van der Waals surface area contributed by atoms with Crippen LogP contribution < -0.4 is 9.64 Å². The van der Waals surface area contributed by atoms with E-state index in [9.17, 15) is 13.2 Å². The lowest BCUT2D eigenvalue weighted by molar-refractivity contribution is -0.137. The molecule has 7 heteroatoms. The normalized spacial score (nSPS) is 15.9. The molecule has 0 saturated carbocycles. The van der Waals surface area contributed by atoms with Gasteiger partial charge in [-0.3, -0.25) is 4.90 Å². The van der Waals surface area contributed by atoms with Crippen LogP contribution in [0.5, 0.6) is 5.75 Å². The van der Waals surface area contributed by atoms with Gasteiger partial charge >= 0.3 is 6.18 Å². The molecule has 2 aromatic rings. The van der Waals surface area contributed by atoms with Gasteiger partial charge in [-0.05, 0) is 30.7 Å². The molecule has 4 nitrogen and oxygen atoms in total. The third-order valence-electron chi connectivity index (χ3n) is 4.53. The first-order chi connectivity index (χ1) is 12.4. The molecule has 1 aromatic heterocycles. The van der Waals surface area contributed by atoms with Crippen molar-refractivity contribution in [2.45, 2.75) is 13.1 Å². The number of aromatic nitrogens is 1. The molecule has 1 saturated heterocycles. The number of pyridine rings is 1. The number of ether oxygens (including phenoxy) is 1. The Hall–Kier alpha value is -2.28. The van der Waals surface area contributed by atoms with Gasteiger partial charge in [0, 0.05) is 38.9 Å². The van der Waals surface area contributed by atoms with Crippen LogP contribution in [0.25, 0.3) is 0 Å². The SMILES string of the molecule is Cc1ccccc1OCCN1CCN(c2ccc(C(F)(F)F)cn2)CC1. The van der Waals surface area contributed by atoms with Crippen molar-refractivity contribution in [2.75, 3.05) is 44.2 Å². The molecule has 0 bridgehead atoms. The zero-order valence-electron chi connectivity index (χ0n) is 14.7. The lowest BCUT2D eigenvalue weighted by Crippen LogP contribution is -2.47. The fourth-order valence-electron chi connectivity index (χ4n) is 2.94. The number of hydrogen-bond acceptors (Lipinski definition) is 4. The van der Waals surface area contributed by atoms with E-state index in [0.29, 0.717) is 12.4 Å². The number of alkyl halides is 3. The summed E-state index contributed by atoms with van der Waals surface area (Å²) in [5.74, 6) is 1.49. The first-order valence-electron chi connectivity index (χ1n) is 8.62. The molecular weight excluding hydrogens is 343 g/mol. The Morgan fingerprint density at radius 2 is 1.77 bits per heavy atom. The summed E-state index contributed by atoms with van der Waals surface area (Å²) in [7, 11) is 0. The predicted octanol–water partition coefficient (Wildman–Crippen LogP) is 3.61. The van der Waals surface area contributed by atoms with E-state index in [1.807, 2.05) is 36.1 Å². The largest absolute Gasteiger partial charge is 0.492 e. The minimum atomic E-state index is -4.35. The number of hydrogen-bond donors (Lipinski definition) is 0. The Morgan fingerprint density at radius 1 is 1.04 bits per heavy atom. The lowest BCUT2D eigenvalue weighted by Gasteiger charge is -2.35. The van der Waals surface area contributed by atoms with Gasteiger partial charge in [-0.2, -0.15) is 13.2 Å². The molecule has 26 heavy (non-hydrogen) atoms. The molecule has 0 atom stereocenters. The van der Waals surface area contributed by atoms with Crippen LogP contribution in [0.2, 0.25) is 0 Å². The summed E-state index contributed by atoms with van der Waals surface area (Å²) in [6, 6.07) is 10.5. The third kappa shape index (κ3) is 4.66. The summed E-state index contributed by atoms with van der Waals surface area (Å²) in [4.78, 5) is 8.27. The maximum absolute atomic E-state index is 12.6. The van der Waals surface area contributed by atoms with Crippen molar-refractivity contribution in [3.63, 3.8) is 0 Å². The lowest BCUT2D eigenvalue weighted by atomic mass is 10.2. The van der Waals surface area contributed by atoms with Gasteiger partial charge in [0.05, 0.1) is 5.56 Å². The quantitative estimate of drug-likeness (QED) is 0.809. The summed E-state index contributed by atoms with van der Waals surface area (Å²) >= 11 is 0. The second kappa shape index (κ2) is 7.95. The molecule has 0 spiro atoms. The number of aryl methyl sites for hydroxylation is 1. The maximum atomic E-state index is 12.6. The second-order valence-electron chi connectivity index (χ2n) is 6.35. The van der Waals surface area contributed by atoms with Gasteiger partial charge in [-0.1, -0.05) is 18.2 Å². The van der Waals surface area contributed by atoms with Crippen molar-refractivity contribution in [3.05, 3.63) is 53.7 Å². The highest BCUT2D eigenvalue weighted by molar-refractivity contribution is 5.40. The minimum absolute atomic E-state index is 0.591. The number of anilines is 1. The average Bonchev–Trinajstić information content (AvgIpc) is 2.63. The van der Waals surface area contributed by atoms with Crippen molar-refractivity contribution in [1.82, 2.24) is 9.88 Å². The van der Waals surface area contributed by atoms with Crippen LogP contribution in [0.1, 0.15) is 11.1 Å². The molecule has 3 rings (SSSR count). The Labute approximate surface area is 151 Å². The first-order valence-corrected chi connectivity index (χ1v) is 8.62. The monoisotopic (exact) mass is 365 g/mol. The van der Waals surface area contributed by atoms with E-state index in [0.717, 1.165) is 56.3 Å². The number of halogens is 3. The number of benzene rings is 1. The van der Waals surface area contributed by atoms with E-state index in [2.05, 4.69) is 9.88 Å². The molecule has 0 radical (unpaired) electrons. The van der Waals surface area contributed by atoms with Crippen LogP contribution in [0, 0.1) is 6.92 Å². The van der Waals surface area contributed by atoms with Crippen molar-refractivity contribution in [1.29, 1.82) is 0 Å². The molecule has 1 aliphatic rings. The summed E-state index contributed by atoms with van der Waals surface area (Å²) in [6.45, 7) is 6.60. The van der Waals surface area contributed by atoms with Crippen LogP contribution in [0.15, 0.2) is 42.6 Å². The first kappa shape index (κ1) is 18.5. The van der Waals surface area contributed by atoms with E-state index in [1.165, 1.54) is 6.07 Å². The van der Waals surface area contributed by atoms with Crippen molar-refractivity contribution >= 4 is 5.82 Å². The van der Waals surface area contributed by atoms with Crippen LogP contribution in [-0.2, 0) is 6.18 Å². The topological polar surface area (TPSA) is 28.6 Å². The highest BCUT2D eigenvalue weighted by Crippen LogP contribution is 2.29. The van der Waals surface area contributed by atoms with Crippen LogP contribution >= 0.6 is 0 Å². The predicted molar refractivity (Wildman–Crippen MR) is 94.6 cm³/mol. The average molecular weight is 365 g/mol. The molecule has 0 amide bonds. The molecule has 0 N–H and O–H groups in total. The smallest absolute Gasteiger partial charge is 0.417 e. The van der Waals surface area contributed by atoms with Gasteiger partial charge in [0.2, 0.25) is 0 Å². The van der Waals surface area contributed by atoms with E-state index < -0.39 is 11.7 Å². The van der Waals surface area contributed by atoms with Crippen molar-refractivity contribution in [3.8, 4) is 5.75 Å². The van der Waals surface area contributed by atoms with Gasteiger partial charge in [0.15, 0.2) is 0 Å². The number of para-hydroxylation sites is 1. The standard InChI is InChI=1S/C19H22F3N3O/c1-15-4-2-3-5-17(15)26-13-12-24-8-10-25(11-9-24)18-7-6-16(14-23-18)19(20,21)22/h2-7,14H,8-13H2,1H3. The fraction of sp³-hybridized carbons (Fsp3) is 0.421. The van der Waals surface area contributed by atoms with Gasteiger partial charge in [-0.15, -0.1) is 0 Å². The summed E-state index contributed by atoms with van der Waals surface area (Å²) < 4.78 is 43.6. The molecule has 1 aromatic carbocycles. The molecule has 2 heterocycles. The van der Waals surface area contributed by atoms with E-state index >= 15 is 0 Å². The van der Waals surface area contributed by atoms with E-state index in [-0.39, 0.29) is 0 Å².